The minimum atomic E-state index is -0.621. The summed E-state index contributed by atoms with van der Waals surface area (Å²) in [4.78, 5) is 18.9. The van der Waals surface area contributed by atoms with Gasteiger partial charge in [-0.2, -0.15) is 0 Å². The van der Waals surface area contributed by atoms with Crippen molar-refractivity contribution in [1.29, 1.82) is 0 Å². The molecule has 150 valence electrons. The van der Waals surface area contributed by atoms with E-state index in [0.29, 0.717) is 34.8 Å². The molecule has 0 fully saturated rings. The van der Waals surface area contributed by atoms with E-state index >= 15 is 0 Å². The third-order valence-corrected chi connectivity index (χ3v) is 5.04. The molecule has 0 radical (unpaired) electrons. The Kier molecular flexibility index (Phi) is 4.70. The third-order valence-electron chi connectivity index (χ3n) is 5.04. The molecule has 2 bridgehead atoms. The van der Waals surface area contributed by atoms with Crippen LogP contribution in [0.1, 0.15) is 47.3 Å². The van der Waals surface area contributed by atoms with E-state index in [1.54, 1.807) is 26.2 Å². The lowest BCUT2D eigenvalue weighted by Crippen LogP contribution is -2.28. The van der Waals surface area contributed by atoms with Gasteiger partial charge in [0.15, 0.2) is 11.6 Å². The molecule has 2 N–H and O–H groups in total. The maximum absolute atomic E-state index is 13.9. The average molecular weight is 396 g/mol. The van der Waals surface area contributed by atoms with Gasteiger partial charge in [-0.3, -0.25) is 4.79 Å². The molecule has 0 aliphatic carbocycles. The highest BCUT2D eigenvalue weighted by Crippen LogP contribution is 2.36. The van der Waals surface area contributed by atoms with E-state index in [0.717, 1.165) is 11.1 Å². The lowest BCUT2D eigenvalue weighted by molar-refractivity contribution is 0.0777. The van der Waals surface area contributed by atoms with Crippen molar-refractivity contribution in [2.24, 2.45) is 0 Å². The van der Waals surface area contributed by atoms with Crippen LogP contribution in [0.2, 0.25) is 0 Å². The number of amides is 1. The standard InChI is InChI=1S/C21H21FN4O3/c1-4-17-19-12-7-18(20(23)24-9-12)28-11(2)15-8-13(22)5-6-14(15)21(27)26(3)10-16(19)25-29-17/h5-9,11H,4,10H2,1-3H3,(H2,23,24). The molecule has 1 unspecified atom stereocenters. The van der Waals surface area contributed by atoms with Gasteiger partial charge < -0.3 is 19.9 Å². The first-order chi connectivity index (χ1) is 13.9. The highest BCUT2D eigenvalue weighted by Gasteiger charge is 2.26. The number of rotatable bonds is 1. The topological polar surface area (TPSA) is 94.5 Å². The third kappa shape index (κ3) is 3.30. The van der Waals surface area contributed by atoms with Crippen LogP contribution in [0.5, 0.6) is 5.75 Å². The highest BCUT2D eigenvalue weighted by atomic mass is 19.1. The van der Waals surface area contributed by atoms with Crippen LogP contribution in [0.4, 0.5) is 10.2 Å². The molecule has 0 saturated carbocycles. The van der Waals surface area contributed by atoms with Gasteiger partial charge in [-0.15, -0.1) is 0 Å². The smallest absolute Gasteiger partial charge is 0.254 e. The zero-order valence-corrected chi connectivity index (χ0v) is 16.4. The molecule has 1 aliphatic rings. The molecular weight excluding hydrogens is 375 g/mol. The summed E-state index contributed by atoms with van der Waals surface area (Å²) >= 11 is 0. The van der Waals surface area contributed by atoms with Gasteiger partial charge in [0.1, 0.15) is 23.4 Å². The van der Waals surface area contributed by atoms with Gasteiger partial charge in [0.05, 0.1) is 12.1 Å². The molecule has 1 atom stereocenters. The fourth-order valence-electron chi connectivity index (χ4n) is 3.55. The number of benzene rings is 1. The Morgan fingerprint density at radius 2 is 2.14 bits per heavy atom. The van der Waals surface area contributed by atoms with Crippen LogP contribution in [0.15, 0.2) is 35.0 Å². The number of nitrogens with zero attached hydrogens (tertiary/aromatic N) is 3. The monoisotopic (exact) mass is 396 g/mol. The predicted molar refractivity (Wildman–Crippen MR) is 105 cm³/mol. The second-order valence-corrected chi connectivity index (χ2v) is 7.04. The first kappa shape index (κ1) is 18.9. The van der Waals surface area contributed by atoms with Crippen LogP contribution in [-0.4, -0.2) is 28.0 Å². The zero-order valence-electron chi connectivity index (χ0n) is 16.4. The number of ether oxygens (including phenoxy) is 1. The lowest BCUT2D eigenvalue weighted by atomic mass is 10.00. The first-order valence-corrected chi connectivity index (χ1v) is 9.34. The quantitative estimate of drug-likeness (QED) is 0.673. The fraction of sp³-hybridized carbons (Fsp3) is 0.286. The maximum Gasteiger partial charge on any atom is 0.254 e. The molecule has 4 rings (SSSR count). The minimum Gasteiger partial charge on any atom is -0.482 e. The molecule has 1 aromatic carbocycles. The van der Waals surface area contributed by atoms with Crippen LogP contribution >= 0.6 is 0 Å². The number of halogens is 1. The number of nitrogen functional groups attached to an aromatic ring is 1. The van der Waals surface area contributed by atoms with E-state index < -0.39 is 11.9 Å². The number of carbonyl (C=O) groups is 1. The average Bonchev–Trinajstić information content (AvgIpc) is 3.10. The SMILES string of the molecule is CCc1onc2c1-c1cnc(N)c(c1)OC(C)c1cc(F)ccc1C(=O)N(C)C2. The summed E-state index contributed by atoms with van der Waals surface area (Å²) in [6.07, 6.45) is 1.63. The first-order valence-electron chi connectivity index (χ1n) is 9.34. The van der Waals surface area contributed by atoms with Gasteiger partial charge in [-0.25, -0.2) is 9.37 Å². The number of nitrogens with two attached hydrogens (primary N) is 1. The molecule has 3 heterocycles. The number of pyridine rings is 1. The van der Waals surface area contributed by atoms with Gasteiger partial charge in [0.25, 0.3) is 5.91 Å². The van der Waals surface area contributed by atoms with Crippen molar-refractivity contribution in [2.45, 2.75) is 32.9 Å². The largest absolute Gasteiger partial charge is 0.482 e. The molecule has 0 spiro atoms. The maximum atomic E-state index is 13.9. The summed E-state index contributed by atoms with van der Waals surface area (Å²) in [6.45, 7) is 3.93. The van der Waals surface area contributed by atoms with Crippen LogP contribution in [0, 0.1) is 5.82 Å². The fourth-order valence-corrected chi connectivity index (χ4v) is 3.55. The van der Waals surface area contributed by atoms with Crippen LogP contribution in [-0.2, 0) is 13.0 Å². The number of carbonyl (C=O) groups excluding carboxylic acids is 1. The summed E-state index contributed by atoms with van der Waals surface area (Å²) in [7, 11) is 1.67. The van der Waals surface area contributed by atoms with E-state index in [4.69, 9.17) is 15.0 Å². The van der Waals surface area contributed by atoms with Gasteiger partial charge in [0, 0.05) is 36.4 Å². The molecule has 29 heavy (non-hydrogen) atoms. The van der Waals surface area contributed by atoms with Gasteiger partial charge >= 0.3 is 0 Å². The number of fused-ring (bicyclic) bond motifs is 5. The van der Waals surface area contributed by atoms with Crippen LogP contribution < -0.4 is 10.5 Å². The Bertz CT molecular complexity index is 1100. The van der Waals surface area contributed by atoms with E-state index in [9.17, 15) is 9.18 Å². The Hall–Kier alpha value is -3.42. The summed E-state index contributed by atoms with van der Waals surface area (Å²) in [5.41, 5.74) is 8.91. The van der Waals surface area contributed by atoms with Gasteiger partial charge in [0.2, 0.25) is 0 Å². The Balaban J connectivity index is 1.94. The normalized spacial score (nSPS) is 16.3. The number of hydrogen-bond donors (Lipinski definition) is 1. The number of aromatic nitrogens is 2. The number of aryl methyl sites for hydroxylation is 1. The molecule has 1 amide bonds. The van der Waals surface area contributed by atoms with Crippen molar-refractivity contribution < 1.29 is 18.4 Å². The van der Waals surface area contributed by atoms with Gasteiger partial charge in [-0.1, -0.05) is 12.1 Å². The molecule has 7 nitrogen and oxygen atoms in total. The van der Waals surface area contributed by atoms with E-state index in [2.05, 4.69) is 10.1 Å². The molecule has 2 aromatic heterocycles. The van der Waals surface area contributed by atoms with Crippen molar-refractivity contribution in [3.63, 3.8) is 0 Å². The summed E-state index contributed by atoms with van der Waals surface area (Å²) in [5.74, 6) is 0.521. The van der Waals surface area contributed by atoms with Crippen molar-refractivity contribution in [3.8, 4) is 16.9 Å². The zero-order chi connectivity index (χ0) is 20.7. The molecule has 1 aliphatic heterocycles. The molecule has 3 aromatic rings. The Morgan fingerprint density at radius 1 is 1.34 bits per heavy atom. The lowest BCUT2D eigenvalue weighted by Gasteiger charge is -2.23. The molecule has 8 heteroatoms. The second-order valence-electron chi connectivity index (χ2n) is 7.04. The van der Waals surface area contributed by atoms with E-state index in [1.807, 2.05) is 6.92 Å². The van der Waals surface area contributed by atoms with Crippen LogP contribution in [0.25, 0.3) is 11.1 Å². The van der Waals surface area contributed by atoms with Crippen molar-refractivity contribution in [1.82, 2.24) is 15.0 Å². The van der Waals surface area contributed by atoms with E-state index in [1.165, 1.54) is 23.1 Å². The minimum absolute atomic E-state index is 0.204. The Labute approximate surface area is 167 Å². The van der Waals surface area contributed by atoms with Crippen molar-refractivity contribution >= 4 is 11.7 Å². The highest BCUT2D eigenvalue weighted by molar-refractivity contribution is 5.95. The number of anilines is 1. The molecular formula is C21H21FN4O3. The van der Waals surface area contributed by atoms with Gasteiger partial charge in [-0.05, 0) is 31.2 Å². The summed E-state index contributed by atoms with van der Waals surface area (Å²) < 4.78 is 25.5. The Morgan fingerprint density at radius 3 is 2.90 bits per heavy atom. The van der Waals surface area contributed by atoms with Crippen molar-refractivity contribution in [2.75, 3.05) is 12.8 Å². The summed E-state index contributed by atoms with van der Waals surface area (Å²) in [5, 5.41) is 4.17. The predicted octanol–water partition coefficient (Wildman–Crippen LogP) is 3.75. The van der Waals surface area contributed by atoms with Crippen LogP contribution in [0.3, 0.4) is 0 Å². The summed E-state index contributed by atoms with van der Waals surface area (Å²) in [6, 6.07) is 5.81. The van der Waals surface area contributed by atoms with Crippen molar-refractivity contribution in [3.05, 3.63) is 58.9 Å². The van der Waals surface area contributed by atoms with E-state index in [-0.39, 0.29) is 18.3 Å². The second kappa shape index (κ2) is 7.20. The number of hydrogen-bond acceptors (Lipinski definition) is 6. The molecule has 0 saturated heterocycles.